The van der Waals surface area contributed by atoms with Gasteiger partial charge in [-0.15, -0.1) is 0 Å². The Kier molecular flexibility index (Phi) is 20.9. The minimum absolute atomic E-state index is 0.0163. The number of carboxylic acids is 1. The molecule has 7 atom stereocenters. The number of aromatic nitrogens is 1. The Bertz CT molecular complexity index is 2240. The molecule has 22 heteroatoms. The minimum atomic E-state index is -1.59. The van der Waals surface area contributed by atoms with Crippen LogP contribution in [-0.4, -0.2) is 148 Å². The van der Waals surface area contributed by atoms with Gasteiger partial charge in [-0.05, 0) is 68.7 Å². The number of nitrogens with zero attached hydrogens (tertiary/aromatic N) is 1. The van der Waals surface area contributed by atoms with Gasteiger partial charge in [0.15, 0.2) is 6.04 Å². The molecule has 2 heterocycles. The second kappa shape index (κ2) is 26.4. The Balaban J connectivity index is 1.41. The Morgan fingerprint density at radius 1 is 0.721 bits per heavy atom. The molecule has 0 bridgehead atoms. The lowest BCUT2D eigenvalue weighted by Crippen LogP contribution is -2.58. The van der Waals surface area contributed by atoms with Crippen LogP contribution in [-0.2, 0) is 56.0 Å². The first kappa shape index (κ1) is 53.7. The molecule has 14 N–H and O–H groups in total. The number of unbranched alkanes of at least 4 members (excludes halogenated alkanes) is 1. The van der Waals surface area contributed by atoms with E-state index in [1.807, 2.05) is 24.3 Å². The van der Waals surface area contributed by atoms with E-state index in [0.717, 1.165) is 16.5 Å². The van der Waals surface area contributed by atoms with Crippen molar-refractivity contribution < 1.29 is 53.4 Å². The van der Waals surface area contributed by atoms with Crippen LogP contribution in [0.1, 0.15) is 64.0 Å². The van der Waals surface area contributed by atoms with Crippen molar-refractivity contribution in [3.63, 3.8) is 0 Å². The lowest BCUT2D eigenvalue weighted by molar-refractivity contribution is -0.146. The zero-order valence-electron chi connectivity index (χ0n) is 38.5. The highest BCUT2D eigenvalue weighted by atomic mass is 16.4. The SMILES string of the molecule is CC(C)[C@H](NC(=O)[C@H](Cc1ccccc1)NC(=O)CNC(=O)[C@H](CCCCN)NC(=O)[C@H](Cc1c[nH]c2ccccc12)NC(=O)CN)C(=O)NCC(=O)N1CCC[C@H]1C(=O)N[C@H](C(=O)O)[C@@H](C)O. The summed E-state index contributed by atoms with van der Waals surface area (Å²) in [4.78, 5) is 123. The van der Waals surface area contributed by atoms with Gasteiger partial charge in [-0.2, -0.15) is 0 Å². The summed E-state index contributed by atoms with van der Waals surface area (Å²) in [6, 6.07) is 8.83. The molecule has 1 aromatic heterocycles. The summed E-state index contributed by atoms with van der Waals surface area (Å²) in [6.45, 7) is 3.48. The number of para-hydroxylation sites is 1. The number of carboxylic acid groups (broad SMARTS) is 1. The average Bonchev–Trinajstić information content (AvgIpc) is 3.98. The van der Waals surface area contributed by atoms with E-state index in [9.17, 15) is 53.4 Å². The number of nitrogens with two attached hydrogens (primary N) is 2. The Hall–Kier alpha value is -6.91. The van der Waals surface area contributed by atoms with E-state index in [1.165, 1.54) is 11.8 Å². The zero-order chi connectivity index (χ0) is 49.9. The molecule has 0 saturated carbocycles. The molecule has 4 rings (SSSR count). The number of amides is 8. The van der Waals surface area contributed by atoms with Gasteiger partial charge >= 0.3 is 5.97 Å². The van der Waals surface area contributed by atoms with Crippen LogP contribution in [0.5, 0.6) is 0 Å². The van der Waals surface area contributed by atoms with Gasteiger partial charge in [0.05, 0.1) is 25.7 Å². The summed E-state index contributed by atoms with van der Waals surface area (Å²) in [5.74, 6) is -7.55. The standard InChI is InChI=1S/C46H65N11O11/c1-26(2)39(45(66)51-25-38(61)57-19-11-17-35(57)44(65)56-40(27(3)58)46(67)68)55-43(64)33(20-28-12-5-4-6-13-28)53-37(60)24-50-41(62)32(16-9-10-18-47)54-42(63)34(52-36(59)22-48)21-29-23-49-31-15-8-7-14-30(29)31/h4-8,12-15,23,26-27,32-35,39-40,49,58H,9-11,16-22,24-25,47-48H2,1-3H3,(H,50,62)(H,51,66)(H,52,59)(H,53,60)(H,54,63)(H,55,64)(H,56,65)(H,67,68)/t27-,32+,33+,34+,35+,39+,40+/m1/s1. The predicted octanol–water partition coefficient (Wildman–Crippen LogP) is -2.19. The summed E-state index contributed by atoms with van der Waals surface area (Å²) >= 11 is 0. The molecular weight excluding hydrogens is 883 g/mol. The number of aromatic amines is 1. The maximum absolute atomic E-state index is 13.9. The summed E-state index contributed by atoms with van der Waals surface area (Å²) < 4.78 is 0. The lowest BCUT2D eigenvalue weighted by Gasteiger charge is -2.28. The van der Waals surface area contributed by atoms with Crippen LogP contribution in [0.15, 0.2) is 60.8 Å². The molecule has 0 aliphatic carbocycles. The van der Waals surface area contributed by atoms with Crippen molar-refractivity contribution >= 4 is 64.1 Å². The van der Waals surface area contributed by atoms with Gasteiger partial charge in [-0.25, -0.2) is 4.79 Å². The van der Waals surface area contributed by atoms with Gasteiger partial charge < -0.3 is 68.8 Å². The maximum Gasteiger partial charge on any atom is 0.328 e. The van der Waals surface area contributed by atoms with Gasteiger partial charge in [-0.3, -0.25) is 38.4 Å². The van der Waals surface area contributed by atoms with E-state index in [0.29, 0.717) is 31.4 Å². The first-order chi connectivity index (χ1) is 32.4. The van der Waals surface area contributed by atoms with Gasteiger partial charge in [0.25, 0.3) is 0 Å². The molecule has 0 unspecified atom stereocenters. The number of likely N-dealkylation sites (tertiary alicyclic amines) is 1. The van der Waals surface area contributed by atoms with Crippen LogP contribution in [0, 0.1) is 5.92 Å². The normalized spacial score (nSPS) is 16.0. The fourth-order valence-electron chi connectivity index (χ4n) is 7.75. The topological polar surface area (TPSA) is 349 Å². The number of carbonyl (C=O) groups excluding carboxylic acids is 8. The third-order valence-electron chi connectivity index (χ3n) is 11.5. The fraction of sp³-hybridized carbons (Fsp3) is 0.500. The summed E-state index contributed by atoms with van der Waals surface area (Å²) in [6.07, 6.45) is 2.18. The summed E-state index contributed by atoms with van der Waals surface area (Å²) in [5, 5.41) is 38.0. The van der Waals surface area contributed by atoms with Crippen LogP contribution >= 0.6 is 0 Å². The molecule has 370 valence electrons. The number of hydrogen-bond acceptors (Lipinski definition) is 12. The van der Waals surface area contributed by atoms with Crippen molar-refractivity contribution in [2.75, 3.05) is 32.7 Å². The van der Waals surface area contributed by atoms with Crippen molar-refractivity contribution in [1.82, 2.24) is 47.1 Å². The molecule has 1 aliphatic rings. The first-order valence-electron chi connectivity index (χ1n) is 22.7. The van der Waals surface area contributed by atoms with Crippen LogP contribution in [0.2, 0.25) is 0 Å². The molecule has 2 aromatic carbocycles. The molecule has 1 fully saturated rings. The van der Waals surface area contributed by atoms with E-state index in [1.54, 1.807) is 50.4 Å². The quantitative estimate of drug-likeness (QED) is 0.0381. The van der Waals surface area contributed by atoms with E-state index in [4.69, 9.17) is 11.5 Å². The third-order valence-corrected chi connectivity index (χ3v) is 11.5. The number of hydrogen-bond donors (Lipinski definition) is 12. The molecule has 68 heavy (non-hydrogen) atoms. The largest absolute Gasteiger partial charge is 0.480 e. The summed E-state index contributed by atoms with van der Waals surface area (Å²) in [7, 11) is 0. The fourth-order valence-corrected chi connectivity index (χ4v) is 7.75. The van der Waals surface area contributed by atoms with Crippen molar-refractivity contribution in [3.8, 4) is 0 Å². The first-order valence-corrected chi connectivity index (χ1v) is 22.7. The van der Waals surface area contributed by atoms with E-state index >= 15 is 0 Å². The molecule has 1 aliphatic heterocycles. The van der Waals surface area contributed by atoms with Crippen LogP contribution in [0.3, 0.4) is 0 Å². The molecule has 0 radical (unpaired) electrons. The highest BCUT2D eigenvalue weighted by Gasteiger charge is 2.38. The molecule has 0 spiro atoms. The number of H-pyrrole nitrogens is 1. The number of aliphatic hydroxyl groups is 1. The van der Waals surface area contributed by atoms with Crippen LogP contribution < -0.4 is 48.7 Å². The average molecular weight is 948 g/mol. The monoisotopic (exact) mass is 947 g/mol. The summed E-state index contributed by atoms with van der Waals surface area (Å²) in [5.41, 5.74) is 13.5. The highest BCUT2D eigenvalue weighted by molar-refractivity contribution is 5.97. The van der Waals surface area contributed by atoms with Crippen LogP contribution in [0.25, 0.3) is 10.9 Å². The molecule has 22 nitrogen and oxygen atoms in total. The van der Waals surface area contributed by atoms with Crippen LogP contribution in [0.4, 0.5) is 0 Å². The Morgan fingerprint density at radius 2 is 1.37 bits per heavy atom. The van der Waals surface area contributed by atoms with E-state index < -0.39 is 115 Å². The molecule has 1 saturated heterocycles. The number of nitrogens with one attached hydrogen (secondary N) is 8. The van der Waals surface area contributed by atoms with Crippen molar-refractivity contribution in [2.24, 2.45) is 17.4 Å². The second-order valence-electron chi connectivity index (χ2n) is 17.0. The second-order valence-corrected chi connectivity index (χ2v) is 17.0. The number of carbonyl (C=O) groups is 9. The number of benzene rings is 2. The third kappa shape index (κ3) is 15.9. The van der Waals surface area contributed by atoms with Crippen molar-refractivity contribution in [2.45, 2.75) is 108 Å². The van der Waals surface area contributed by atoms with Crippen molar-refractivity contribution in [1.29, 1.82) is 0 Å². The number of fused-ring (bicyclic) bond motifs is 1. The van der Waals surface area contributed by atoms with Gasteiger partial charge in [0.1, 0.15) is 30.2 Å². The smallest absolute Gasteiger partial charge is 0.328 e. The van der Waals surface area contributed by atoms with Gasteiger partial charge in [0, 0.05) is 36.5 Å². The minimum Gasteiger partial charge on any atom is -0.480 e. The van der Waals surface area contributed by atoms with Crippen molar-refractivity contribution in [3.05, 3.63) is 71.9 Å². The molecule has 8 amide bonds. The number of aliphatic carboxylic acids is 1. The predicted molar refractivity (Wildman–Crippen MR) is 249 cm³/mol. The maximum atomic E-state index is 13.9. The Labute approximate surface area is 393 Å². The highest BCUT2D eigenvalue weighted by Crippen LogP contribution is 2.20. The van der Waals surface area contributed by atoms with E-state index in [2.05, 4.69) is 42.2 Å². The van der Waals surface area contributed by atoms with Gasteiger partial charge in [-0.1, -0.05) is 62.4 Å². The zero-order valence-corrected chi connectivity index (χ0v) is 38.5. The van der Waals surface area contributed by atoms with E-state index in [-0.39, 0.29) is 38.8 Å². The van der Waals surface area contributed by atoms with Gasteiger partial charge in [0.2, 0.25) is 47.3 Å². The molecule has 3 aromatic rings. The Morgan fingerprint density at radius 3 is 2.03 bits per heavy atom. The lowest BCUT2D eigenvalue weighted by atomic mass is 10.0. The molecular formula is C46H65N11O11. The number of aliphatic hydroxyl groups excluding tert-OH is 1. The number of rotatable bonds is 26.